The van der Waals surface area contributed by atoms with Gasteiger partial charge in [-0.25, -0.2) is 0 Å². The monoisotopic (exact) mass is 282 g/mol. The van der Waals surface area contributed by atoms with Crippen LogP contribution >= 0.6 is 12.2 Å². The van der Waals surface area contributed by atoms with Gasteiger partial charge < -0.3 is 9.80 Å². The zero-order valence-corrected chi connectivity index (χ0v) is 13.9. The molecule has 0 saturated carbocycles. The Kier molecular flexibility index (Phi) is 5.13. The lowest BCUT2D eigenvalue weighted by molar-refractivity contribution is 0.361. The van der Waals surface area contributed by atoms with E-state index in [1.54, 1.807) is 0 Å². The molecule has 0 unspecified atom stereocenters. The van der Waals surface area contributed by atoms with E-state index >= 15 is 0 Å². The van der Waals surface area contributed by atoms with Crippen LogP contribution in [0.4, 0.5) is 11.4 Å². The molecule has 3 nitrogen and oxygen atoms in total. The highest BCUT2D eigenvalue weighted by atomic mass is 32.1. The van der Waals surface area contributed by atoms with Gasteiger partial charge in [-0.2, -0.15) is 0 Å². The Morgan fingerprint density at radius 1 is 1.05 bits per heavy atom. The SMILES string of the molecule is CN(C)c1c(N(C)CCCCC(C)(C)C)c(=O)c1=S. The van der Waals surface area contributed by atoms with Crippen molar-refractivity contribution < 1.29 is 0 Å². The van der Waals surface area contributed by atoms with E-state index in [0.29, 0.717) is 9.93 Å². The second kappa shape index (κ2) is 6.04. The summed E-state index contributed by atoms with van der Waals surface area (Å²) in [5.74, 6) is 0. The molecule has 0 aliphatic heterocycles. The molecule has 0 aromatic heterocycles. The third-order valence-corrected chi connectivity index (χ3v) is 3.74. The summed E-state index contributed by atoms with van der Waals surface area (Å²) in [7, 11) is 5.85. The van der Waals surface area contributed by atoms with Crippen molar-refractivity contribution in [1.82, 2.24) is 0 Å². The summed E-state index contributed by atoms with van der Waals surface area (Å²) in [6, 6.07) is 0. The van der Waals surface area contributed by atoms with Crippen LogP contribution in [0.25, 0.3) is 0 Å². The first-order valence-electron chi connectivity index (χ1n) is 6.87. The Bertz CT molecular complexity index is 493. The molecule has 0 heterocycles. The van der Waals surface area contributed by atoms with Crippen LogP contribution in [-0.4, -0.2) is 27.7 Å². The first kappa shape index (κ1) is 16.2. The fourth-order valence-corrected chi connectivity index (χ4v) is 2.63. The lowest BCUT2D eigenvalue weighted by Crippen LogP contribution is -2.32. The Morgan fingerprint density at radius 3 is 2.11 bits per heavy atom. The van der Waals surface area contributed by atoms with E-state index in [-0.39, 0.29) is 5.43 Å². The summed E-state index contributed by atoms with van der Waals surface area (Å²) in [5, 5.41) is 0. The molecular weight excluding hydrogens is 256 g/mol. The fourth-order valence-electron chi connectivity index (χ4n) is 2.25. The smallest absolute Gasteiger partial charge is 0.224 e. The molecule has 0 N–H and O–H groups in total. The van der Waals surface area contributed by atoms with E-state index in [2.05, 4.69) is 25.7 Å². The molecule has 1 aromatic rings. The highest BCUT2D eigenvalue weighted by Crippen LogP contribution is 2.29. The quantitative estimate of drug-likeness (QED) is 0.589. The van der Waals surface area contributed by atoms with Gasteiger partial charge in [0.15, 0.2) is 0 Å². The number of hydrogen-bond acceptors (Lipinski definition) is 4. The lowest BCUT2D eigenvalue weighted by Gasteiger charge is -2.28. The van der Waals surface area contributed by atoms with E-state index in [9.17, 15) is 4.79 Å². The topological polar surface area (TPSA) is 23.6 Å². The van der Waals surface area contributed by atoms with Crippen LogP contribution in [0.5, 0.6) is 0 Å². The van der Waals surface area contributed by atoms with Gasteiger partial charge in [0.25, 0.3) is 0 Å². The van der Waals surface area contributed by atoms with Crippen LogP contribution in [0.3, 0.4) is 0 Å². The summed E-state index contributed by atoms with van der Waals surface area (Å²) in [6.45, 7) is 7.70. The second-order valence-corrected chi connectivity index (χ2v) is 7.10. The maximum absolute atomic E-state index is 11.8. The van der Waals surface area contributed by atoms with Crippen molar-refractivity contribution in [2.75, 3.05) is 37.5 Å². The van der Waals surface area contributed by atoms with Gasteiger partial charge in [0, 0.05) is 27.7 Å². The van der Waals surface area contributed by atoms with Crippen molar-refractivity contribution in [3.8, 4) is 0 Å². The van der Waals surface area contributed by atoms with E-state index < -0.39 is 0 Å². The summed E-state index contributed by atoms with van der Waals surface area (Å²) in [4.78, 5) is 15.8. The molecule has 0 radical (unpaired) electrons. The Hall–Kier alpha value is -0.900. The summed E-state index contributed by atoms with van der Waals surface area (Å²) in [6.07, 6.45) is 3.52. The normalized spacial score (nSPS) is 11.9. The van der Waals surface area contributed by atoms with Gasteiger partial charge in [0.05, 0.1) is 5.69 Å². The average molecular weight is 282 g/mol. The van der Waals surface area contributed by atoms with Gasteiger partial charge in [-0.05, 0) is 18.3 Å². The van der Waals surface area contributed by atoms with Gasteiger partial charge in [-0.3, -0.25) is 4.79 Å². The van der Waals surface area contributed by atoms with Crippen LogP contribution in [0.1, 0.15) is 40.0 Å². The molecule has 0 aliphatic carbocycles. The first-order chi connectivity index (χ1) is 8.65. The minimum absolute atomic E-state index is 0.0250. The number of nitrogens with zero attached hydrogens (tertiary/aromatic N) is 2. The fraction of sp³-hybridized carbons (Fsp3) is 0.733. The second-order valence-electron chi connectivity index (χ2n) is 6.69. The molecule has 19 heavy (non-hydrogen) atoms. The molecule has 108 valence electrons. The van der Waals surface area contributed by atoms with E-state index in [1.807, 2.05) is 26.0 Å². The molecule has 0 saturated heterocycles. The Balaban J connectivity index is 2.56. The average Bonchev–Trinajstić information content (AvgIpc) is 2.28. The molecule has 1 aromatic carbocycles. The van der Waals surface area contributed by atoms with Crippen molar-refractivity contribution in [3.05, 3.63) is 14.7 Å². The van der Waals surface area contributed by atoms with E-state index in [4.69, 9.17) is 12.2 Å². The van der Waals surface area contributed by atoms with Gasteiger partial charge in [-0.15, -0.1) is 0 Å². The largest absolute Gasteiger partial charge is 0.375 e. The zero-order chi connectivity index (χ0) is 14.8. The van der Waals surface area contributed by atoms with E-state index in [1.165, 1.54) is 12.8 Å². The van der Waals surface area contributed by atoms with Crippen LogP contribution in [0.15, 0.2) is 4.79 Å². The van der Waals surface area contributed by atoms with Crippen molar-refractivity contribution >= 4 is 23.6 Å². The predicted octanol–water partition coefficient (Wildman–Crippen LogP) is 3.37. The summed E-state index contributed by atoms with van der Waals surface area (Å²) < 4.78 is 0.474. The number of unbranched alkanes of at least 4 members (excludes halogenated alkanes) is 1. The molecule has 0 bridgehead atoms. The summed E-state index contributed by atoms with van der Waals surface area (Å²) in [5.41, 5.74) is 2.11. The predicted molar refractivity (Wildman–Crippen MR) is 86.8 cm³/mol. The molecule has 0 aliphatic rings. The van der Waals surface area contributed by atoms with Crippen LogP contribution in [-0.2, 0) is 0 Å². The zero-order valence-electron chi connectivity index (χ0n) is 13.0. The maximum atomic E-state index is 11.8. The van der Waals surface area contributed by atoms with Crippen molar-refractivity contribution in [2.45, 2.75) is 40.0 Å². The van der Waals surface area contributed by atoms with Crippen LogP contribution < -0.4 is 15.2 Å². The van der Waals surface area contributed by atoms with Crippen molar-refractivity contribution in [3.63, 3.8) is 0 Å². The minimum Gasteiger partial charge on any atom is -0.375 e. The third kappa shape index (κ3) is 4.03. The standard InChI is InChI=1S/C15H26N2OS/c1-15(2,3)9-7-8-10-17(6)11-12(16(4)5)14(19)13(11)18/h7-10H2,1-6H3. The number of hydrogen-bond donors (Lipinski definition) is 0. The molecule has 0 spiro atoms. The van der Waals surface area contributed by atoms with Gasteiger partial charge in [0.2, 0.25) is 5.43 Å². The summed E-state index contributed by atoms with van der Waals surface area (Å²) >= 11 is 5.11. The minimum atomic E-state index is 0.0250. The molecular formula is C15H26N2OS. The Morgan fingerprint density at radius 2 is 1.63 bits per heavy atom. The number of anilines is 2. The van der Waals surface area contributed by atoms with Crippen molar-refractivity contribution in [2.24, 2.45) is 5.41 Å². The molecule has 0 fully saturated rings. The van der Waals surface area contributed by atoms with Gasteiger partial charge in [-0.1, -0.05) is 39.4 Å². The third-order valence-electron chi connectivity index (χ3n) is 3.36. The highest BCUT2D eigenvalue weighted by molar-refractivity contribution is 7.71. The maximum Gasteiger partial charge on any atom is 0.224 e. The van der Waals surface area contributed by atoms with Gasteiger partial charge in [0.1, 0.15) is 10.2 Å². The van der Waals surface area contributed by atoms with Crippen LogP contribution in [0, 0.1) is 9.93 Å². The molecule has 1 rings (SSSR count). The molecule has 4 heteroatoms. The van der Waals surface area contributed by atoms with Crippen molar-refractivity contribution in [1.29, 1.82) is 0 Å². The molecule has 0 atom stereocenters. The molecule has 0 amide bonds. The lowest BCUT2D eigenvalue weighted by atomic mass is 9.90. The Labute approximate surface area is 121 Å². The first-order valence-corrected chi connectivity index (χ1v) is 7.28. The highest BCUT2D eigenvalue weighted by Gasteiger charge is 2.22. The van der Waals surface area contributed by atoms with E-state index in [0.717, 1.165) is 24.3 Å². The van der Waals surface area contributed by atoms with Crippen LogP contribution in [0.2, 0.25) is 0 Å². The number of rotatable bonds is 6. The van der Waals surface area contributed by atoms with Gasteiger partial charge >= 0.3 is 0 Å².